The fourth-order valence-electron chi connectivity index (χ4n) is 2.61. The first-order valence-electron chi connectivity index (χ1n) is 7.53. The van der Waals surface area contributed by atoms with Crippen LogP contribution in [-0.4, -0.2) is 46.5 Å². The molecule has 0 atom stereocenters. The highest BCUT2D eigenvalue weighted by molar-refractivity contribution is 7.89. The molecule has 0 amide bonds. The van der Waals surface area contributed by atoms with Crippen LogP contribution in [-0.2, 0) is 17.1 Å². The molecule has 1 fully saturated rings. The number of hydrogen-bond donors (Lipinski definition) is 0. The number of nitrogens with zero attached hydrogens (tertiary/aromatic N) is 4. The van der Waals surface area contributed by atoms with E-state index in [-0.39, 0.29) is 11.1 Å². The Morgan fingerprint density at radius 1 is 1.17 bits per heavy atom. The summed E-state index contributed by atoms with van der Waals surface area (Å²) < 4.78 is 33.5. The molecule has 3 heterocycles. The highest BCUT2D eigenvalue weighted by Crippen LogP contribution is 2.24. The number of sulfonamides is 1. The molecule has 1 aliphatic rings. The van der Waals surface area contributed by atoms with Gasteiger partial charge in [0.25, 0.3) is 10.0 Å². The molecule has 4 rings (SSSR count). The van der Waals surface area contributed by atoms with Crippen molar-refractivity contribution in [3.63, 3.8) is 0 Å². The van der Waals surface area contributed by atoms with Crippen molar-refractivity contribution in [2.75, 3.05) is 13.1 Å². The number of pyridine rings is 1. The van der Waals surface area contributed by atoms with Crippen molar-refractivity contribution in [2.24, 2.45) is 7.05 Å². The van der Waals surface area contributed by atoms with Gasteiger partial charge in [-0.25, -0.2) is 18.4 Å². The molecular weight excluding hydrogens is 328 g/mol. The minimum absolute atomic E-state index is 0.0623. The van der Waals surface area contributed by atoms with E-state index < -0.39 is 10.0 Å². The van der Waals surface area contributed by atoms with Gasteiger partial charge in [-0.15, -0.1) is 0 Å². The summed E-state index contributed by atoms with van der Waals surface area (Å²) in [6, 6.07) is 11.5. The Hall–Kier alpha value is -2.45. The summed E-state index contributed by atoms with van der Waals surface area (Å²) in [4.78, 5) is 8.35. The molecule has 1 aliphatic heterocycles. The highest BCUT2D eigenvalue weighted by atomic mass is 32.2. The average Bonchev–Trinajstić information content (AvgIpc) is 2.97. The van der Waals surface area contributed by atoms with Crippen LogP contribution >= 0.6 is 0 Å². The van der Waals surface area contributed by atoms with Crippen LogP contribution in [0.25, 0.3) is 10.9 Å². The van der Waals surface area contributed by atoms with Crippen LogP contribution in [0, 0.1) is 0 Å². The lowest BCUT2D eigenvalue weighted by Crippen LogP contribution is -2.56. The predicted molar refractivity (Wildman–Crippen MR) is 88.1 cm³/mol. The Morgan fingerprint density at radius 3 is 2.71 bits per heavy atom. The lowest BCUT2D eigenvalue weighted by Gasteiger charge is -2.36. The second-order valence-electron chi connectivity index (χ2n) is 5.78. The van der Waals surface area contributed by atoms with Gasteiger partial charge in [-0.2, -0.15) is 4.31 Å². The molecule has 0 bridgehead atoms. The van der Waals surface area contributed by atoms with Crippen molar-refractivity contribution in [1.29, 1.82) is 0 Å². The number of imidazole rings is 1. The zero-order valence-corrected chi connectivity index (χ0v) is 13.8. The summed E-state index contributed by atoms with van der Waals surface area (Å²) in [6.45, 7) is 0.598. The summed E-state index contributed by atoms with van der Waals surface area (Å²) in [5, 5.41) is 1.10. The molecule has 0 radical (unpaired) electrons. The van der Waals surface area contributed by atoms with Gasteiger partial charge in [0, 0.05) is 24.7 Å². The summed E-state index contributed by atoms with van der Waals surface area (Å²) in [7, 11) is -1.80. The van der Waals surface area contributed by atoms with Gasteiger partial charge in [-0.05, 0) is 12.1 Å². The van der Waals surface area contributed by atoms with Gasteiger partial charge >= 0.3 is 0 Å². The Labute approximate surface area is 139 Å². The number of para-hydroxylation sites is 1. The first-order chi connectivity index (χ1) is 11.5. The number of ether oxygens (including phenoxy) is 1. The third-order valence-corrected chi connectivity index (χ3v) is 5.68. The summed E-state index contributed by atoms with van der Waals surface area (Å²) in [5.74, 6) is 0.508. The number of benzene rings is 1. The molecule has 0 spiro atoms. The average molecular weight is 344 g/mol. The lowest BCUT2D eigenvalue weighted by molar-refractivity contribution is 0.0722. The maximum absolute atomic E-state index is 12.4. The molecule has 2 aromatic heterocycles. The van der Waals surface area contributed by atoms with E-state index in [1.165, 1.54) is 16.8 Å². The summed E-state index contributed by atoms with van der Waals surface area (Å²) in [5.41, 5.74) is 0.854. The monoisotopic (exact) mass is 344 g/mol. The number of aryl methyl sites for hydroxylation is 1. The van der Waals surface area contributed by atoms with Crippen molar-refractivity contribution in [1.82, 2.24) is 18.8 Å². The fraction of sp³-hybridized carbons (Fsp3) is 0.250. The Kier molecular flexibility index (Phi) is 3.50. The number of hydrogen-bond acceptors (Lipinski definition) is 5. The van der Waals surface area contributed by atoms with Gasteiger partial charge in [0.1, 0.15) is 6.10 Å². The highest BCUT2D eigenvalue weighted by Gasteiger charge is 2.39. The predicted octanol–water partition coefficient (Wildman–Crippen LogP) is 1.42. The minimum Gasteiger partial charge on any atom is -0.472 e. The van der Waals surface area contributed by atoms with E-state index in [1.54, 1.807) is 17.7 Å². The first kappa shape index (κ1) is 15.1. The van der Waals surface area contributed by atoms with Gasteiger partial charge in [0.15, 0.2) is 5.03 Å². The van der Waals surface area contributed by atoms with E-state index in [9.17, 15) is 8.42 Å². The van der Waals surface area contributed by atoms with Crippen LogP contribution in [0.1, 0.15) is 0 Å². The molecule has 24 heavy (non-hydrogen) atoms. The zero-order valence-electron chi connectivity index (χ0n) is 13.0. The zero-order chi connectivity index (χ0) is 16.7. The smallest absolute Gasteiger partial charge is 0.262 e. The standard InChI is InChI=1S/C16H16N4O3S/c1-19-10-16(17-11-19)24(21,22)20-8-13(9-20)23-15-7-6-12-4-2-3-5-14(12)18-15/h2-7,10-11,13H,8-9H2,1H3. The molecule has 0 saturated carbocycles. The van der Waals surface area contributed by atoms with E-state index in [2.05, 4.69) is 9.97 Å². The van der Waals surface area contributed by atoms with Gasteiger partial charge in [0.2, 0.25) is 5.88 Å². The topological polar surface area (TPSA) is 77.3 Å². The Morgan fingerprint density at radius 2 is 1.96 bits per heavy atom. The molecule has 124 valence electrons. The molecule has 0 aliphatic carbocycles. The third-order valence-electron chi connectivity index (χ3n) is 3.96. The lowest BCUT2D eigenvalue weighted by atomic mass is 10.2. The first-order valence-corrected chi connectivity index (χ1v) is 8.97. The Bertz CT molecular complexity index is 993. The molecular formula is C16H16N4O3S. The molecule has 0 N–H and O–H groups in total. The number of rotatable bonds is 4. The molecule has 3 aromatic rings. The SMILES string of the molecule is Cn1cnc(S(=O)(=O)N2CC(Oc3ccc4ccccc4n3)C2)c1. The maximum atomic E-state index is 12.4. The van der Waals surface area contributed by atoms with Crippen LogP contribution in [0.5, 0.6) is 5.88 Å². The van der Waals surface area contributed by atoms with Gasteiger partial charge in [-0.3, -0.25) is 0 Å². The molecule has 8 heteroatoms. The van der Waals surface area contributed by atoms with Crippen molar-refractivity contribution in [2.45, 2.75) is 11.1 Å². The second kappa shape index (κ2) is 5.57. The van der Waals surface area contributed by atoms with Crippen molar-refractivity contribution >= 4 is 20.9 Å². The largest absolute Gasteiger partial charge is 0.472 e. The summed E-state index contributed by atoms with van der Waals surface area (Å²) >= 11 is 0. The Balaban J connectivity index is 1.43. The molecule has 1 aromatic carbocycles. The fourth-order valence-corrected chi connectivity index (χ4v) is 4.08. The molecule has 1 saturated heterocycles. The van der Waals surface area contributed by atoms with E-state index in [4.69, 9.17) is 4.74 Å². The van der Waals surface area contributed by atoms with Crippen LogP contribution in [0.15, 0.2) is 53.9 Å². The van der Waals surface area contributed by atoms with E-state index in [1.807, 2.05) is 30.3 Å². The second-order valence-corrected chi connectivity index (χ2v) is 7.67. The molecule has 0 unspecified atom stereocenters. The molecule has 7 nitrogen and oxygen atoms in total. The van der Waals surface area contributed by atoms with Crippen LogP contribution < -0.4 is 4.74 Å². The summed E-state index contributed by atoms with van der Waals surface area (Å²) in [6.07, 6.45) is 2.77. The number of aromatic nitrogens is 3. The van der Waals surface area contributed by atoms with Crippen molar-refractivity contribution in [3.05, 3.63) is 48.9 Å². The van der Waals surface area contributed by atoms with Crippen molar-refractivity contribution < 1.29 is 13.2 Å². The van der Waals surface area contributed by atoms with Gasteiger partial charge in [0.05, 0.1) is 24.9 Å². The minimum atomic E-state index is -3.54. The maximum Gasteiger partial charge on any atom is 0.262 e. The van der Waals surface area contributed by atoms with Crippen LogP contribution in [0.3, 0.4) is 0 Å². The normalized spacial score (nSPS) is 16.2. The van der Waals surface area contributed by atoms with Crippen LogP contribution in [0.2, 0.25) is 0 Å². The van der Waals surface area contributed by atoms with Crippen LogP contribution in [0.4, 0.5) is 0 Å². The van der Waals surface area contributed by atoms with Crippen molar-refractivity contribution in [3.8, 4) is 5.88 Å². The van der Waals surface area contributed by atoms with E-state index in [0.29, 0.717) is 19.0 Å². The van der Waals surface area contributed by atoms with Gasteiger partial charge < -0.3 is 9.30 Å². The third kappa shape index (κ3) is 2.63. The number of fused-ring (bicyclic) bond motifs is 1. The van der Waals surface area contributed by atoms with E-state index in [0.717, 1.165) is 10.9 Å². The van der Waals surface area contributed by atoms with E-state index >= 15 is 0 Å². The quantitative estimate of drug-likeness (QED) is 0.715. The van der Waals surface area contributed by atoms with Gasteiger partial charge in [-0.1, -0.05) is 18.2 Å².